The fourth-order valence-electron chi connectivity index (χ4n) is 2.07. The van der Waals surface area contributed by atoms with Gasteiger partial charge in [-0.1, -0.05) is 29.8 Å². The lowest BCUT2D eigenvalue weighted by Gasteiger charge is -2.14. The summed E-state index contributed by atoms with van der Waals surface area (Å²) >= 11 is 5.63. The van der Waals surface area contributed by atoms with Gasteiger partial charge in [0.25, 0.3) is 5.91 Å². The zero-order valence-electron chi connectivity index (χ0n) is 13.4. The number of nitrogens with one attached hydrogen (secondary N) is 1. The Bertz CT molecular complexity index is 783. The van der Waals surface area contributed by atoms with E-state index in [4.69, 9.17) is 16.3 Å². The van der Waals surface area contributed by atoms with Gasteiger partial charge in [0.1, 0.15) is 11.6 Å². The summed E-state index contributed by atoms with van der Waals surface area (Å²) in [7, 11) is 0. The summed E-state index contributed by atoms with van der Waals surface area (Å²) in [5, 5.41) is 2.51. The van der Waals surface area contributed by atoms with Gasteiger partial charge in [-0.2, -0.15) is 0 Å². The van der Waals surface area contributed by atoms with E-state index in [9.17, 15) is 18.4 Å². The van der Waals surface area contributed by atoms with Crippen molar-refractivity contribution in [3.8, 4) is 0 Å². The maximum absolute atomic E-state index is 13.6. The van der Waals surface area contributed by atoms with Crippen molar-refractivity contribution in [2.45, 2.75) is 25.9 Å². The van der Waals surface area contributed by atoms with E-state index in [2.05, 4.69) is 5.32 Å². The van der Waals surface area contributed by atoms with Gasteiger partial charge in [-0.15, -0.1) is 0 Å². The maximum Gasteiger partial charge on any atom is 0.306 e. The second-order valence-corrected chi connectivity index (χ2v) is 5.77. The highest BCUT2D eigenvalue weighted by molar-refractivity contribution is 6.30. The minimum absolute atomic E-state index is 0.0661. The van der Waals surface area contributed by atoms with Crippen LogP contribution in [0.15, 0.2) is 42.5 Å². The molecule has 2 aromatic carbocycles. The van der Waals surface area contributed by atoms with Crippen molar-refractivity contribution >= 4 is 29.2 Å². The Morgan fingerprint density at radius 1 is 1.16 bits per heavy atom. The molecule has 2 aromatic rings. The molecule has 1 atom stereocenters. The van der Waals surface area contributed by atoms with Crippen LogP contribution in [0.4, 0.5) is 14.5 Å². The number of rotatable bonds is 6. The molecule has 0 aliphatic carbocycles. The van der Waals surface area contributed by atoms with Gasteiger partial charge in [-0.05, 0) is 43.2 Å². The van der Waals surface area contributed by atoms with E-state index in [1.807, 2.05) is 0 Å². The van der Waals surface area contributed by atoms with Crippen LogP contribution >= 0.6 is 11.6 Å². The van der Waals surface area contributed by atoms with Gasteiger partial charge in [-0.3, -0.25) is 9.59 Å². The number of aryl methyl sites for hydroxylation is 1. The Kier molecular flexibility index (Phi) is 6.47. The van der Waals surface area contributed by atoms with Crippen LogP contribution in [-0.2, 0) is 20.7 Å². The number of anilines is 1. The van der Waals surface area contributed by atoms with Crippen molar-refractivity contribution in [2.75, 3.05) is 5.32 Å². The first kappa shape index (κ1) is 18.9. The third-order valence-electron chi connectivity index (χ3n) is 3.42. The number of hydrogen-bond donors (Lipinski definition) is 1. The van der Waals surface area contributed by atoms with Gasteiger partial charge >= 0.3 is 5.97 Å². The Labute approximate surface area is 148 Å². The summed E-state index contributed by atoms with van der Waals surface area (Å²) in [6, 6.07) is 9.88. The lowest BCUT2D eigenvalue weighted by Crippen LogP contribution is -2.30. The van der Waals surface area contributed by atoms with E-state index >= 15 is 0 Å². The van der Waals surface area contributed by atoms with E-state index < -0.39 is 29.6 Å². The molecule has 0 unspecified atom stereocenters. The van der Waals surface area contributed by atoms with E-state index in [1.54, 1.807) is 18.2 Å². The Hall–Kier alpha value is -2.47. The van der Waals surface area contributed by atoms with Crippen LogP contribution in [0.1, 0.15) is 18.9 Å². The lowest BCUT2D eigenvalue weighted by atomic mass is 10.1. The monoisotopic (exact) mass is 367 g/mol. The summed E-state index contributed by atoms with van der Waals surface area (Å²) in [5.74, 6) is -2.43. The summed E-state index contributed by atoms with van der Waals surface area (Å²) < 4.78 is 32.1. The average molecular weight is 368 g/mol. The normalized spacial score (nSPS) is 11.7. The van der Waals surface area contributed by atoms with E-state index in [1.165, 1.54) is 25.1 Å². The van der Waals surface area contributed by atoms with Crippen LogP contribution in [-0.4, -0.2) is 18.0 Å². The molecule has 0 aliphatic rings. The predicted molar refractivity (Wildman–Crippen MR) is 90.3 cm³/mol. The van der Waals surface area contributed by atoms with Gasteiger partial charge in [0, 0.05) is 11.4 Å². The molecule has 25 heavy (non-hydrogen) atoms. The molecule has 0 saturated heterocycles. The quantitative estimate of drug-likeness (QED) is 0.781. The summed E-state index contributed by atoms with van der Waals surface area (Å²) in [6.45, 7) is 1.37. The molecule has 0 spiro atoms. The average Bonchev–Trinajstić information content (AvgIpc) is 2.56. The first-order valence-corrected chi connectivity index (χ1v) is 7.93. The molecule has 0 bridgehead atoms. The number of carbonyl (C=O) groups excluding carboxylic acids is 2. The highest BCUT2D eigenvalue weighted by Gasteiger charge is 2.19. The predicted octanol–water partition coefficient (Wildman–Crippen LogP) is 4.12. The molecule has 0 radical (unpaired) electrons. The number of hydrogen-bond acceptors (Lipinski definition) is 3. The van der Waals surface area contributed by atoms with Crippen LogP contribution in [0.3, 0.4) is 0 Å². The molecule has 1 N–H and O–H groups in total. The van der Waals surface area contributed by atoms with Gasteiger partial charge < -0.3 is 10.1 Å². The number of halogens is 3. The number of esters is 1. The first-order valence-electron chi connectivity index (χ1n) is 7.55. The molecular formula is C18H16ClF2NO3. The van der Waals surface area contributed by atoms with Gasteiger partial charge in [0.15, 0.2) is 6.10 Å². The van der Waals surface area contributed by atoms with Crippen LogP contribution in [0.5, 0.6) is 0 Å². The fourth-order valence-corrected chi connectivity index (χ4v) is 2.23. The van der Waals surface area contributed by atoms with Crippen LogP contribution in [0.2, 0.25) is 5.02 Å². The number of amides is 1. The first-order chi connectivity index (χ1) is 11.9. The van der Waals surface area contributed by atoms with Crippen LogP contribution < -0.4 is 5.32 Å². The Morgan fingerprint density at radius 2 is 1.88 bits per heavy atom. The Morgan fingerprint density at radius 3 is 2.56 bits per heavy atom. The number of benzene rings is 2. The SMILES string of the molecule is C[C@H](OC(=O)CCc1ccccc1F)C(=O)Nc1ccc(Cl)cc1F. The molecule has 2 rings (SSSR count). The molecule has 7 heteroatoms. The van der Waals surface area contributed by atoms with Crippen LogP contribution in [0.25, 0.3) is 0 Å². The molecule has 132 valence electrons. The molecule has 0 saturated carbocycles. The molecular weight excluding hydrogens is 352 g/mol. The van der Waals surface area contributed by atoms with Crippen molar-refractivity contribution in [1.82, 2.24) is 0 Å². The largest absolute Gasteiger partial charge is 0.453 e. The minimum atomic E-state index is -1.12. The summed E-state index contributed by atoms with van der Waals surface area (Å²) in [4.78, 5) is 23.8. The van der Waals surface area contributed by atoms with E-state index in [-0.39, 0.29) is 23.6 Å². The second kappa shape index (κ2) is 8.58. The number of ether oxygens (including phenoxy) is 1. The molecule has 0 heterocycles. The van der Waals surface area contributed by atoms with Gasteiger partial charge in [-0.25, -0.2) is 8.78 Å². The third-order valence-corrected chi connectivity index (χ3v) is 3.66. The lowest BCUT2D eigenvalue weighted by molar-refractivity contribution is -0.153. The van der Waals surface area contributed by atoms with Crippen LogP contribution in [0, 0.1) is 11.6 Å². The highest BCUT2D eigenvalue weighted by atomic mass is 35.5. The third kappa shape index (κ3) is 5.53. The molecule has 0 aliphatic heterocycles. The van der Waals surface area contributed by atoms with Gasteiger partial charge in [0.05, 0.1) is 5.69 Å². The van der Waals surface area contributed by atoms with E-state index in [0.29, 0.717) is 5.56 Å². The topological polar surface area (TPSA) is 55.4 Å². The summed E-state index contributed by atoms with van der Waals surface area (Å²) in [6.07, 6.45) is -1.04. The zero-order chi connectivity index (χ0) is 18.4. The molecule has 0 aromatic heterocycles. The van der Waals surface area contributed by atoms with Crippen molar-refractivity contribution < 1.29 is 23.1 Å². The summed E-state index contributed by atoms with van der Waals surface area (Å²) in [5.41, 5.74) is 0.323. The molecule has 4 nitrogen and oxygen atoms in total. The highest BCUT2D eigenvalue weighted by Crippen LogP contribution is 2.19. The van der Waals surface area contributed by atoms with Gasteiger partial charge in [0.2, 0.25) is 0 Å². The Balaban J connectivity index is 1.85. The van der Waals surface area contributed by atoms with Crippen molar-refractivity contribution in [1.29, 1.82) is 0 Å². The maximum atomic E-state index is 13.6. The van der Waals surface area contributed by atoms with Crippen molar-refractivity contribution in [3.63, 3.8) is 0 Å². The number of carbonyl (C=O) groups is 2. The second-order valence-electron chi connectivity index (χ2n) is 5.34. The van der Waals surface area contributed by atoms with E-state index in [0.717, 1.165) is 6.07 Å². The molecule has 0 fully saturated rings. The van der Waals surface area contributed by atoms with Crippen molar-refractivity contribution in [2.24, 2.45) is 0 Å². The fraction of sp³-hybridized carbons (Fsp3) is 0.222. The smallest absolute Gasteiger partial charge is 0.306 e. The minimum Gasteiger partial charge on any atom is -0.453 e. The van der Waals surface area contributed by atoms with Crippen molar-refractivity contribution in [3.05, 3.63) is 64.7 Å². The molecule has 1 amide bonds. The zero-order valence-corrected chi connectivity index (χ0v) is 14.1. The standard InChI is InChI=1S/C18H16ClF2NO3/c1-11(18(24)22-16-8-7-13(19)10-15(16)21)25-17(23)9-6-12-4-2-3-5-14(12)20/h2-5,7-8,10-11H,6,9H2,1H3,(H,22,24)/t11-/m0/s1.